The van der Waals surface area contributed by atoms with Crippen LogP contribution in [0.25, 0.3) is 0 Å². The van der Waals surface area contributed by atoms with E-state index < -0.39 is 5.79 Å². The van der Waals surface area contributed by atoms with Gasteiger partial charge in [0.25, 0.3) is 0 Å². The molecule has 0 amide bonds. The van der Waals surface area contributed by atoms with Crippen LogP contribution in [-0.2, 0) is 19.1 Å². The third-order valence-corrected chi connectivity index (χ3v) is 12.7. The molecule has 2 aliphatic heterocycles. The van der Waals surface area contributed by atoms with Gasteiger partial charge in [-0.3, -0.25) is 9.59 Å². The van der Waals surface area contributed by atoms with Crippen molar-refractivity contribution in [2.24, 2.45) is 39.4 Å². The molecule has 0 N–H and O–H groups in total. The molecule has 0 aromatic carbocycles. The molecular formula is C30H44O4. The third kappa shape index (κ3) is 2.45. The van der Waals surface area contributed by atoms with Crippen molar-refractivity contribution in [3.05, 3.63) is 11.1 Å². The van der Waals surface area contributed by atoms with Crippen molar-refractivity contribution in [2.45, 2.75) is 124 Å². The number of esters is 1. The predicted octanol–water partition coefficient (Wildman–Crippen LogP) is 6.76. The van der Waals surface area contributed by atoms with Gasteiger partial charge in [-0.25, -0.2) is 0 Å². The average Bonchev–Trinajstić information content (AvgIpc) is 3.28. The molecule has 0 aromatic rings. The monoisotopic (exact) mass is 468 g/mol. The number of carbonyl (C=O) groups is 2. The number of Topliss-reactive ketones (excluding diaryl/α,β-unsaturated/α-hetero) is 1. The Hall–Kier alpha value is -1.16. The van der Waals surface area contributed by atoms with Crippen LogP contribution in [0, 0.1) is 39.4 Å². The average molecular weight is 469 g/mol. The quantitative estimate of drug-likeness (QED) is 0.291. The van der Waals surface area contributed by atoms with E-state index in [0.29, 0.717) is 24.0 Å². The number of fused-ring (bicyclic) bond motifs is 5. The highest BCUT2D eigenvalue weighted by Crippen LogP contribution is 2.76. The molecule has 8 atom stereocenters. The second kappa shape index (κ2) is 6.58. The van der Waals surface area contributed by atoms with Gasteiger partial charge in [-0.1, -0.05) is 59.6 Å². The minimum absolute atomic E-state index is 0.0309. The van der Waals surface area contributed by atoms with Gasteiger partial charge in [0, 0.05) is 30.1 Å². The van der Waals surface area contributed by atoms with Crippen molar-refractivity contribution in [1.29, 1.82) is 0 Å². The molecule has 0 aromatic heterocycles. The molecule has 4 fully saturated rings. The molecule has 4 heteroatoms. The van der Waals surface area contributed by atoms with Crippen LogP contribution in [0.2, 0.25) is 0 Å². The first-order chi connectivity index (χ1) is 15.7. The Morgan fingerprint density at radius 1 is 0.824 bits per heavy atom. The lowest BCUT2D eigenvalue weighted by Gasteiger charge is -2.62. The SMILES string of the molecule is C[C@@H]1CC2(C[C@@H](C)C3(CC[C@@]4(C)C5=C(CC[C@]34C)[C@@]3(C)CCC(=O)C(C)(C)C3CC5)O2)OC1=O. The van der Waals surface area contributed by atoms with Crippen LogP contribution in [0.15, 0.2) is 11.1 Å². The van der Waals surface area contributed by atoms with Gasteiger partial charge >= 0.3 is 5.97 Å². The van der Waals surface area contributed by atoms with Gasteiger partial charge < -0.3 is 9.47 Å². The Balaban J connectivity index is 1.41. The normalized spacial score (nSPS) is 53.8. The van der Waals surface area contributed by atoms with E-state index in [2.05, 4.69) is 41.5 Å². The zero-order valence-corrected chi connectivity index (χ0v) is 22.4. The summed E-state index contributed by atoms with van der Waals surface area (Å²) in [7, 11) is 0. The second-order valence-corrected chi connectivity index (χ2v) is 14.3. The molecule has 3 unspecified atom stereocenters. The molecule has 2 heterocycles. The minimum atomic E-state index is -0.712. The molecule has 6 aliphatic rings. The summed E-state index contributed by atoms with van der Waals surface area (Å²) in [6, 6.07) is 0. The van der Waals surface area contributed by atoms with Crippen molar-refractivity contribution in [3.63, 3.8) is 0 Å². The van der Waals surface area contributed by atoms with Gasteiger partial charge in [-0.15, -0.1) is 0 Å². The van der Waals surface area contributed by atoms with Crippen LogP contribution in [-0.4, -0.2) is 23.1 Å². The molecule has 34 heavy (non-hydrogen) atoms. The smallest absolute Gasteiger partial charge is 0.311 e. The van der Waals surface area contributed by atoms with Gasteiger partial charge in [-0.2, -0.15) is 0 Å². The Kier molecular flexibility index (Phi) is 4.50. The van der Waals surface area contributed by atoms with Gasteiger partial charge in [-0.05, 0) is 67.6 Å². The first-order valence-electron chi connectivity index (χ1n) is 13.9. The van der Waals surface area contributed by atoms with E-state index in [1.165, 1.54) is 0 Å². The molecule has 6 rings (SSSR count). The second-order valence-electron chi connectivity index (χ2n) is 14.3. The van der Waals surface area contributed by atoms with Crippen molar-refractivity contribution < 1.29 is 19.1 Å². The van der Waals surface area contributed by atoms with Crippen LogP contribution < -0.4 is 0 Å². The molecular weight excluding hydrogens is 424 g/mol. The van der Waals surface area contributed by atoms with Crippen molar-refractivity contribution in [1.82, 2.24) is 0 Å². The molecule has 2 spiro atoms. The Morgan fingerprint density at radius 2 is 1.56 bits per heavy atom. The summed E-state index contributed by atoms with van der Waals surface area (Å²) in [6.45, 7) is 16.3. The summed E-state index contributed by atoms with van der Waals surface area (Å²) < 4.78 is 13.1. The summed E-state index contributed by atoms with van der Waals surface area (Å²) in [5, 5.41) is 0. The fourth-order valence-corrected chi connectivity index (χ4v) is 10.7. The maximum atomic E-state index is 12.9. The van der Waals surface area contributed by atoms with Crippen LogP contribution in [0.1, 0.15) is 113 Å². The number of ketones is 1. The molecule has 2 saturated carbocycles. The fraction of sp³-hybridized carbons (Fsp3) is 0.867. The van der Waals surface area contributed by atoms with Gasteiger partial charge in [0.2, 0.25) is 5.79 Å². The number of hydrogen-bond acceptors (Lipinski definition) is 4. The summed E-state index contributed by atoms with van der Waals surface area (Å²) in [5.41, 5.74) is 3.23. The first-order valence-corrected chi connectivity index (χ1v) is 13.9. The van der Waals surface area contributed by atoms with E-state index in [1.807, 2.05) is 6.92 Å². The maximum absolute atomic E-state index is 12.9. The predicted molar refractivity (Wildman–Crippen MR) is 131 cm³/mol. The highest BCUT2D eigenvalue weighted by molar-refractivity contribution is 5.85. The van der Waals surface area contributed by atoms with Crippen LogP contribution in [0.5, 0.6) is 0 Å². The Morgan fingerprint density at radius 3 is 2.24 bits per heavy atom. The van der Waals surface area contributed by atoms with Crippen molar-refractivity contribution in [3.8, 4) is 0 Å². The Labute approximate surface area is 205 Å². The van der Waals surface area contributed by atoms with E-state index in [0.717, 1.165) is 57.8 Å². The molecule has 0 bridgehead atoms. The first kappa shape index (κ1) is 23.3. The lowest BCUT2D eigenvalue weighted by Crippen LogP contribution is -2.57. The molecule has 188 valence electrons. The number of allylic oxidation sites excluding steroid dienone is 2. The highest BCUT2D eigenvalue weighted by atomic mass is 16.7. The van der Waals surface area contributed by atoms with Crippen molar-refractivity contribution in [2.75, 3.05) is 0 Å². The van der Waals surface area contributed by atoms with E-state index in [4.69, 9.17) is 9.47 Å². The number of ether oxygens (including phenoxy) is 2. The van der Waals surface area contributed by atoms with Crippen molar-refractivity contribution >= 4 is 11.8 Å². The zero-order valence-electron chi connectivity index (χ0n) is 22.4. The summed E-state index contributed by atoms with van der Waals surface area (Å²) in [5.74, 6) is 0.409. The van der Waals surface area contributed by atoms with E-state index in [-0.39, 0.29) is 39.1 Å². The summed E-state index contributed by atoms with van der Waals surface area (Å²) >= 11 is 0. The summed E-state index contributed by atoms with van der Waals surface area (Å²) in [6.07, 6.45) is 9.97. The molecule has 2 saturated heterocycles. The van der Waals surface area contributed by atoms with E-state index in [1.54, 1.807) is 11.1 Å². The number of rotatable bonds is 0. The van der Waals surface area contributed by atoms with E-state index >= 15 is 0 Å². The van der Waals surface area contributed by atoms with Gasteiger partial charge in [0.15, 0.2) is 0 Å². The zero-order chi connectivity index (χ0) is 24.5. The third-order valence-electron chi connectivity index (χ3n) is 12.7. The molecule has 4 nitrogen and oxygen atoms in total. The van der Waals surface area contributed by atoms with Gasteiger partial charge in [0.05, 0.1) is 11.5 Å². The topological polar surface area (TPSA) is 52.6 Å². The molecule has 4 aliphatic carbocycles. The highest BCUT2D eigenvalue weighted by Gasteiger charge is 2.74. The van der Waals surface area contributed by atoms with Crippen LogP contribution >= 0.6 is 0 Å². The van der Waals surface area contributed by atoms with E-state index in [9.17, 15) is 9.59 Å². The standard InChI is InChI=1S/C30H44O4/c1-18-16-29(33-24(18)32)17-19(2)30(34-29)15-14-27(6)21-8-9-22-25(3,4)23(31)11-12-26(22,5)20(21)10-13-28(27,30)7/h18-19,22H,8-17H2,1-7H3/t18-,19-,22?,26-,27+,28+,29?,30?/m1/s1. The fourth-order valence-electron chi connectivity index (χ4n) is 10.7. The lowest BCUT2D eigenvalue weighted by molar-refractivity contribution is -0.255. The largest absolute Gasteiger partial charge is 0.433 e. The number of carbonyl (C=O) groups excluding carboxylic acids is 2. The number of hydrogen-bond donors (Lipinski definition) is 0. The molecule has 0 radical (unpaired) electrons. The van der Waals surface area contributed by atoms with Crippen LogP contribution in [0.3, 0.4) is 0 Å². The minimum Gasteiger partial charge on any atom is -0.433 e. The van der Waals surface area contributed by atoms with Crippen LogP contribution in [0.4, 0.5) is 0 Å². The summed E-state index contributed by atoms with van der Waals surface area (Å²) in [4.78, 5) is 25.2. The lowest BCUT2D eigenvalue weighted by atomic mass is 9.43. The Bertz CT molecular complexity index is 1010. The maximum Gasteiger partial charge on any atom is 0.311 e. The van der Waals surface area contributed by atoms with Gasteiger partial charge in [0.1, 0.15) is 5.78 Å².